The van der Waals surface area contributed by atoms with Crippen LogP contribution in [0.4, 0.5) is 0 Å². The molecule has 45 heavy (non-hydrogen) atoms. The summed E-state index contributed by atoms with van der Waals surface area (Å²) in [6.45, 7) is 4.53. The summed E-state index contributed by atoms with van der Waals surface area (Å²) in [6.07, 6.45) is 47.7. The molecule has 0 bridgehead atoms. The molecule has 1 radical (unpaired) electrons. The van der Waals surface area contributed by atoms with Crippen LogP contribution in [0.5, 0.6) is 0 Å². The van der Waals surface area contributed by atoms with E-state index in [1.165, 1.54) is 154 Å². The van der Waals surface area contributed by atoms with Crippen LogP contribution in [0.15, 0.2) is 24.3 Å². The summed E-state index contributed by atoms with van der Waals surface area (Å²) in [5.41, 5.74) is 0. The number of carbonyl (C=O) groups excluding carboxylic acids is 2. The molecule has 0 aromatic rings. The topological polar surface area (TPSA) is 80.3 Å². The molecule has 0 aliphatic carbocycles. The predicted octanol–water partition coefficient (Wildman–Crippen LogP) is 11.1. The molecule has 0 spiro atoms. The van der Waals surface area contributed by atoms with Gasteiger partial charge in [0, 0.05) is 11.9 Å². The molecule has 0 saturated carbocycles. The van der Waals surface area contributed by atoms with Crippen LogP contribution in [-0.4, -0.2) is 11.9 Å². The van der Waals surface area contributed by atoms with E-state index < -0.39 is 11.9 Å². The Hall–Kier alpha value is -1.07. The van der Waals surface area contributed by atoms with Crippen LogP contribution in [0.2, 0.25) is 0 Å². The van der Waals surface area contributed by atoms with Gasteiger partial charge in [-0.1, -0.05) is 167 Å². The second-order valence-electron chi connectivity index (χ2n) is 12.8. The van der Waals surface area contributed by atoms with Crippen LogP contribution in [0.1, 0.15) is 219 Å². The van der Waals surface area contributed by atoms with Crippen molar-refractivity contribution < 1.29 is 36.6 Å². The van der Waals surface area contributed by atoms with E-state index in [-0.39, 0.29) is 29.6 Å². The van der Waals surface area contributed by atoms with E-state index in [0.717, 1.165) is 38.5 Å². The van der Waals surface area contributed by atoms with Crippen molar-refractivity contribution in [2.75, 3.05) is 0 Å². The van der Waals surface area contributed by atoms with Crippen molar-refractivity contribution in [3.8, 4) is 0 Å². The largest absolute Gasteiger partial charge is 2.00 e. The van der Waals surface area contributed by atoms with E-state index in [1.807, 2.05) is 0 Å². The number of aliphatic carboxylic acids is 2. The van der Waals surface area contributed by atoms with Crippen LogP contribution in [-0.2, 0) is 26.4 Å². The molecule has 0 N–H and O–H groups in total. The Morgan fingerprint density at radius 1 is 0.356 bits per heavy atom. The molecule has 0 atom stereocenters. The van der Waals surface area contributed by atoms with Crippen molar-refractivity contribution in [3.05, 3.63) is 24.3 Å². The fourth-order valence-electron chi connectivity index (χ4n) is 5.39. The summed E-state index contributed by atoms with van der Waals surface area (Å²) >= 11 is 0. The summed E-state index contributed by atoms with van der Waals surface area (Å²) in [4.78, 5) is 20.5. The van der Waals surface area contributed by atoms with Gasteiger partial charge in [-0.25, -0.2) is 0 Å². The number of allylic oxidation sites excluding steroid dienone is 4. The number of carbonyl (C=O) groups is 2. The first kappa shape index (κ1) is 48.3. The molecule has 0 saturated heterocycles. The molecule has 4 nitrogen and oxygen atoms in total. The second-order valence-corrected chi connectivity index (χ2v) is 12.8. The standard InChI is InChI=1S/2C20H38O2.Co/c2*1-2-3-4-5-6-7-8-9-10-11-12-13-14-15-16-17-18-19-20(21)22;/h2*11-12H,2-10,13-19H2,1H3,(H,21,22);/q;;+2/p-2/b2*12-11-;. The SMILES string of the molecule is CCCCCCCCCC/C=C\CCCCCCCC(=O)[O-].CCCCCCCCCC/C=C\CCCCCCCC(=O)[O-].[Co+2]. The summed E-state index contributed by atoms with van der Waals surface area (Å²) < 4.78 is 0. The molecule has 0 amide bonds. The normalized spacial score (nSPS) is 11.1. The first-order valence-corrected chi connectivity index (χ1v) is 19.2. The first-order chi connectivity index (χ1) is 21.5. The van der Waals surface area contributed by atoms with Crippen LogP contribution < -0.4 is 10.2 Å². The monoisotopic (exact) mass is 677 g/mol. The van der Waals surface area contributed by atoms with Gasteiger partial charge in [-0.15, -0.1) is 0 Å². The number of hydrogen-bond donors (Lipinski definition) is 0. The number of carboxylic acid groups (broad SMARTS) is 2. The molecule has 0 heterocycles. The maximum atomic E-state index is 10.2. The Balaban J connectivity index is -0.000000767. The maximum Gasteiger partial charge on any atom is 2.00 e. The molecule has 267 valence electrons. The Morgan fingerprint density at radius 3 is 0.778 bits per heavy atom. The van der Waals surface area contributed by atoms with Crippen molar-refractivity contribution in [3.63, 3.8) is 0 Å². The Labute approximate surface area is 291 Å². The van der Waals surface area contributed by atoms with E-state index in [1.54, 1.807) is 0 Å². The number of carboxylic acids is 2. The fourth-order valence-corrected chi connectivity index (χ4v) is 5.39. The van der Waals surface area contributed by atoms with Crippen molar-refractivity contribution in [2.45, 2.75) is 219 Å². The minimum Gasteiger partial charge on any atom is -0.550 e. The van der Waals surface area contributed by atoms with E-state index in [9.17, 15) is 19.8 Å². The van der Waals surface area contributed by atoms with Gasteiger partial charge in [-0.05, 0) is 77.0 Å². The van der Waals surface area contributed by atoms with Crippen LogP contribution in [0.3, 0.4) is 0 Å². The average molecular weight is 678 g/mol. The number of hydrogen-bond acceptors (Lipinski definition) is 4. The fraction of sp³-hybridized carbons (Fsp3) is 0.850. The Morgan fingerprint density at radius 2 is 0.556 bits per heavy atom. The van der Waals surface area contributed by atoms with Crippen LogP contribution in [0.25, 0.3) is 0 Å². The molecule has 0 aromatic carbocycles. The Bertz CT molecular complexity index is 578. The number of unbranched alkanes of at least 4 members (excludes halogenated alkanes) is 26. The molecule has 0 aromatic heterocycles. The molecule has 0 aliphatic heterocycles. The third-order valence-corrected chi connectivity index (χ3v) is 8.29. The van der Waals surface area contributed by atoms with Crippen molar-refractivity contribution in [1.29, 1.82) is 0 Å². The maximum absolute atomic E-state index is 10.2. The predicted molar refractivity (Wildman–Crippen MR) is 187 cm³/mol. The average Bonchev–Trinajstić information content (AvgIpc) is 3.00. The van der Waals surface area contributed by atoms with Gasteiger partial charge in [0.1, 0.15) is 0 Å². The second kappa shape index (κ2) is 45.0. The summed E-state index contributed by atoms with van der Waals surface area (Å²) in [5.74, 6) is -1.83. The smallest absolute Gasteiger partial charge is 0.550 e. The van der Waals surface area contributed by atoms with Crippen molar-refractivity contribution in [2.24, 2.45) is 0 Å². The van der Waals surface area contributed by atoms with Gasteiger partial charge in [0.25, 0.3) is 0 Å². The van der Waals surface area contributed by atoms with E-state index >= 15 is 0 Å². The van der Waals surface area contributed by atoms with Gasteiger partial charge in [0.05, 0.1) is 0 Å². The van der Waals surface area contributed by atoms with Crippen molar-refractivity contribution >= 4 is 11.9 Å². The minimum atomic E-state index is -0.913. The summed E-state index contributed by atoms with van der Waals surface area (Å²) in [5, 5.41) is 20.5. The third-order valence-electron chi connectivity index (χ3n) is 8.29. The van der Waals surface area contributed by atoms with Gasteiger partial charge in [0.2, 0.25) is 0 Å². The van der Waals surface area contributed by atoms with Crippen LogP contribution >= 0.6 is 0 Å². The van der Waals surface area contributed by atoms with E-state index in [4.69, 9.17) is 0 Å². The molecular formula is C40H74CoO4. The van der Waals surface area contributed by atoms with E-state index in [0.29, 0.717) is 0 Å². The summed E-state index contributed by atoms with van der Waals surface area (Å²) in [7, 11) is 0. The number of rotatable bonds is 34. The molecular weight excluding hydrogens is 603 g/mol. The minimum absolute atomic E-state index is 0. The zero-order chi connectivity index (χ0) is 32.6. The van der Waals surface area contributed by atoms with Gasteiger partial charge in [0.15, 0.2) is 0 Å². The van der Waals surface area contributed by atoms with Gasteiger partial charge < -0.3 is 19.8 Å². The molecule has 0 unspecified atom stereocenters. The zero-order valence-electron chi connectivity index (χ0n) is 29.9. The first-order valence-electron chi connectivity index (χ1n) is 19.2. The van der Waals surface area contributed by atoms with Gasteiger partial charge >= 0.3 is 16.8 Å². The quantitative estimate of drug-likeness (QED) is 0.0501. The Kier molecular flexibility index (Phi) is 48.4. The van der Waals surface area contributed by atoms with Gasteiger partial charge in [-0.2, -0.15) is 0 Å². The van der Waals surface area contributed by atoms with Crippen molar-refractivity contribution in [1.82, 2.24) is 0 Å². The molecule has 0 rings (SSSR count). The van der Waals surface area contributed by atoms with Gasteiger partial charge in [-0.3, -0.25) is 0 Å². The molecule has 0 aliphatic rings. The molecule has 5 heteroatoms. The zero-order valence-corrected chi connectivity index (χ0v) is 30.9. The van der Waals surface area contributed by atoms with Crippen LogP contribution in [0, 0.1) is 0 Å². The molecule has 0 fully saturated rings. The summed E-state index contributed by atoms with van der Waals surface area (Å²) in [6, 6.07) is 0. The van der Waals surface area contributed by atoms with E-state index in [2.05, 4.69) is 38.2 Å². The third kappa shape index (κ3) is 52.7.